The lowest BCUT2D eigenvalue weighted by molar-refractivity contribution is -0.119. The van der Waals surface area contributed by atoms with Gasteiger partial charge in [0.2, 0.25) is 5.91 Å². The molecule has 20 heavy (non-hydrogen) atoms. The van der Waals surface area contributed by atoms with Crippen molar-refractivity contribution in [2.45, 2.75) is 43.3 Å². The van der Waals surface area contributed by atoms with Crippen molar-refractivity contribution in [3.05, 3.63) is 6.33 Å². The van der Waals surface area contributed by atoms with Gasteiger partial charge in [-0.1, -0.05) is 11.8 Å². The van der Waals surface area contributed by atoms with Gasteiger partial charge in [0.25, 0.3) is 0 Å². The number of hydrogen-bond donors (Lipinski definition) is 2. The Bertz CT molecular complexity index is 421. The lowest BCUT2D eigenvalue weighted by Crippen LogP contribution is -2.42. The summed E-state index contributed by atoms with van der Waals surface area (Å²) in [4.78, 5) is 11.9. The Labute approximate surface area is 128 Å². The average molecular weight is 318 g/mol. The minimum absolute atomic E-state index is 0.0169. The van der Waals surface area contributed by atoms with Crippen molar-refractivity contribution < 1.29 is 9.90 Å². The fraction of sp³-hybridized carbons (Fsp3) is 0.750. The minimum atomic E-state index is -0.0638. The highest BCUT2D eigenvalue weighted by molar-refractivity contribution is 7.99. The van der Waals surface area contributed by atoms with Crippen LogP contribution in [0.4, 0.5) is 0 Å². The fourth-order valence-corrected chi connectivity index (χ4v) is 3.13. The van der Waals surface area contributed by atoms with Crippen LogP contribution in [0.15, 0.2) is 11.5 Å². The van der Waals surface area contributed by atoms with Crippen LogP contribution in [-0.2, 0) is 4.79 Å². The number of aliphatic hydroxyl groups excluding tert-OH is 1. The molecule has 114 valence electrons. The summed E-state index contributed by atoms with van der Waals surface area (Å²) in [5, 5.41) is 20.7. The predicted octanol–water partition coefficient (Wildman–Crippen LogP) is 1.18. The summed E-state index contributed by atoms with van der Waals surface area (Å²) in [6.07, 6.45) is 3.59. The van der Waals surface area contributed by atoms with Crippen molar-refractivity contribution >= 4 is 29.4 Å². The van der Waals surface area contributed by atoms with Gasteiger partial charge in [0, 0.05) is 17.3 Å². The van der Waals surface area contributed by atoms with Gasteiger partial charge in [-0.3, -0.25) is 4.79 Å². The Balaban J connectivity index is 2.45. The summed E-state index contributed by atoms with van der Waals surface area (Å²) < 4.78 is 1.93. The zero-order valence-electron chi connectivity index (χ0n) is 12.2. The zero-order valence-corrected chi connectivity index (χ0v) is 13.9. The summed E-state index contributed by atoms with van der Waals surface area (Å²) in [5.74, 6) is 0.232. The van der Waals surface area contributed by atoms with Gasteiger partial charge in [0.15, 0.2) is 5.16 Å². The minimum Gasteiger partial charge on any atom is -0.395 e. The topological polar surface area (TPSA) is 80.0 Å². The first kappa shape index (κ1) is 17.3. The third kappa shape index (κ3) is 4.99. The van der Waals surface area contributed by atoms with E-state index in [1.165, 1.54) is 11.8 Å². The molecule has 1 heterocycles. The van der Waals surface area contributed by atoms with E-state index in [0.29, 0.717) is 5.75 Å². The van der Waals surface area contributed by atoms with E-state index < -0.39 is 0 Å². The molecular weight excluding hydrogens is 296 g/mol. The molecule has 2 atom stereocenters. The predicted molar refractivity (Wildman–Crippen MR) is 83.1 cm³/mol. The van der Waals surface area contributed by atoms with Crippen LogP contribution in [-0.4, -0.2) is 55.7 Å². The van der Waals surface area contributed by atoms with Crippen LogP contribution >= 0.6 is 23.5 Å². The summed E-state index contributed by atoms with van der Waals surface area (Å²) >= 11 is 2.91. The summed E-state index contributed by atoms with van der Waals surface area (Å²) in [6.45, 7) is 6.04. The first-order valence-electron chi connectivity index (χ1n) is 6.44. The Morgan fingerprint density at radius 1 is 1.50 bits per heavy atom. The Morgan fingerprint density at radius 3 is 2.75 bits per heavy atom. The Hall–Kier alpha value is -0.730. The molecule has 0 aliphatic carbocycles. The summed E-state index contributed by atoms with van der Waals surface area (Å²) in [6, 6.07) is 0.204. The van der Waals surface area contributed by atoms with Crippen molar-refractivity contribution in [2.24, 2.45) is 0 Å². The SMILES string of the molecule is CSC(CO)C(C)NC(=O)CSc1nncn1C(C)C. The van der Waals surface area contributed by atoms with Crippen LogP contribution < -0.4 is 5.32 Å². The van der Waals surface area contributed by atoms with E-state index >= 15 is 0 Å². The molecule has 0 aliphatic heterocycles. The van der Waals surface area contributed by atoms with Gasteiger partial charge in [-0.15, -0.1) is 10.2 Å². The molecule has 2 N–H and O–H groups in total. The lowest BCUT2D eigenvalue weighted by atomic mass is 10.2. The first-order valence-corrected chi connectivity index (χ1v) is 8.72. The van der Waals surface area contributed by atoms with E-state index in [9.17, 15) is 9.90 Å². The van der Waals surface area contributed by atoms with Gasteiger partial charge >= 0.3 is 0 Å². The van der Waals surface area contributed by atoms with E-state index in [-0.39, 0.29) is 29.8 Å². The van der Waals surface area contributed by atoms with Crippen LogP contribution in [0.25, 0.3) is 0 Å². The second-order valence-electron chi connectivity index (χ2n) is 4.72. The largest absolute Gasteiger partial charge is 0.395 e. The van der Waals surface area contributed by atoms with Gasteiger partial charge in [0.1, 0.15) is 6.33 Å². The molecule has 2 unspecified atom stereocenters. The van der Waals surface area contributed by atoms with Crippen molar-refractivity contribution in [2.75, 3.05) is 18.6 Å². The van der Waals surface area contributed by atoms with E-state index in [0.717, 1.165) is 5.16 Å². The second-order valence-corrected chi connectivity index (χ2v) is 6.74. The molecule has 0 radical (unpaired) electrons. The molecule has 0 fully saturated rings. The highest BCUT2D eigenvalue weighted by Gasteiger charge is 2.18. The second kappa shape index (κ2) is 8.53. The maximum absolute atomic E-state index is 11.9. The standard InChI is InChI=1S/C12H22N4O2S2/c1-8(2)16-7-13-15-12(16)20-6-11(18)14-9(3)10(5-17)19-4/h7-10,17H,5-6H2,1-4H3,(H,14,18). The van der Waals surface area contributed by atoms with Crippen molar-refractivity contribution in [3.8, 4) is 0 Å². The van der Waals surface area contributed by atoms with E-state index in [1.54, 1.807) is 18.1 Å². The number of nitrogens with one attached hydrogen (secondary N) is 1. The molecule has 1 rings (SSSR count). The van der Waals surface area contributed by atoms with Crippen molar-refractivity contribution in [1.29, 1.82) is 0 Å². The number of aromatic nitrogens is 3. The van der Waals surface area contributed by atoms with Gasteiger partial charge in [-0.25, -0.2) is 0 Å². The summed E-state index contributed by atoms with van der Waals surface area (Å²) in [7, 11) is 0. The van der Waals surface area contributed by atoms with Gasteiger partial charge in [0.05, 0.1) is 12.4 Å². The van der Waals surface area contributed by atoms with Crippen molar-refractivity contribution in [1.82, 2.24) is 20.1 Å². The van der Waals surface area contributed by atoms with Gasteiger partial charge in [-0.2, -0.15) is 11.8 Å². The van der Waals surface area contributed by atoms with Crippen molar-refractivity contribution in [3.63, 3.8) is 0 Å². The van der Waals surface area contributed by atoms with Gasteiger partial charge < -0.3 is 15.0 Å². The average Bonchev–Trinajstić information content (AvgIpc) is 2.86. The molecule has 1 aromatic heterocycles. The Morgan fingerprint density at radius 2 is 2.20 bits per heavy atom. The number of carbonyl (C=O) groups is 1. The fourth-order valence-electron chi connectivity index (χ4n) is 1.64. The molecule has 0 aliphatic rings. The highest BCUT2D eigenvalue weighted by atomic mass is 32.2. The number of thioether (sulfide) groups is 2. The molecule has 0 saturated heterocycles. The van der Waals surface area contributed by atoms with Crippen LogP contribution in [0.2, 0.25) is 0 Å². The maximum Gasteiger partial charge on any atom is 0.230 e. The monoisotopic (exact) mass is 318 g/mol. The quantitative estimate of drug-likeness (QED) is 0.701. The van der Waals surface area contributed by atoms with Crippen LogP contribution in [0.3, 0.4) is 0 Å². The molecule has 8 heteroatoms. The smallest absolute Gasteiger partial charge is 0.230 e. The third-order valence-corrected chi connectivity index (χ3v) is 4.98. The molecule has 1 aromatic rings. The van der Waals surface area contributed by atoms with Crippen LogP contribution in [0, 0.1) is 0 Å². The molecule has 0 aromatic carbocycles. The summed E-state index contributed by atoms with van der Waals surface area (Å²) in [5.41, 5.74) is 0. The highest BCUT2D eigenvalue weighted by Crippen LogP contribution is 2.18. The number of rotatable bonds is 8. The normalized spacial score (nSPS) is 14.3. The Kier molecular flexibility index (Phi) is 7.39. The zero-order chi connectivity index (χ0) is 15.1. The third-order valence-electron chi connectivity index (χ3n) is 2.86. The van der Waals surface area contributed by atoms with E-state index in [1.807, 2.05) is 31.6 Å². The molecule has 6 nitrogen and oxygen atoms in total. The molecule has 0 spiro atoms. The van der Waals surface area contributed by atoms with E-state index in [4.69, 9.17) is 0 Å². The van der Waals surface area contributed by atoms with Crippen LogP contribution in [0.1, 0.15) is 26.8 Å². The number of nitrogens with zero attached hydrogens (tertiary/aromatic N) is 3. The number of amides is 1. The van der Waals surface area contributed by atoms with E-state index in [2.05, 4.69) is 15.5 Å². The first-order chi connectivity index (χ1) is 9.49. The molecule has 0 bridgehead atoms. The molecular formula is C12H22N4O2S2. The van der Waals surface area contributed by atoms with Gasteiger partial charge in [-0.05, 0) is 27.0 Å². The molecule has 0 saturated carbocycles. The number of aliphatic hydroxyl groups is 1. The number of carbonyl (C=O) groups excluding carboxylic acids is 1. The lowest BCUT2D eigenvalue weighted by Gasteiger charge is -2.21. The maximum atomic E-state index is 11.9. The molecule has 1 amide bonds. The van der Waals surface area contributed by atoms with Crippen LogP contribution in [0.5, 0.6) is 0 Å². The number of hydrogen-bond acceptors (Lipinski definition) is 6.